The number of nitrogen functional groups attached to an aromatic ring is 1. The molecule has 174 valence electrons. The molecule has 1 unspecified atom stereocenters. The number of piperidine rings is 1. The van der Waals surface area contributed by atoms with E-state index in [4.69, 9.17) is 10.3 Å². The zero-order chi connectivity index (χ0) is 23.9. The van der Waals surface area contributed by atoms with Crippen molar-refractivity contribution in [2.24, 2.45) is 0 Å². The van der Waals surface area contributed by atoms with Gasteiger partial charge >= 0.3 is 0 Å². The van der Waals surface area contributed by atoms with Gasteiger partial charge in [-0.1, -0.05) is 11.1 Å². The lowest BCUT2D eigenvalue weighted by atomic mass is 9.90. The molecule has 4 aromatic heterocycles. The van der Waals surface area contributed by atoms with Crippen LogP contribution in [-0.2, 0) is 5.60 Å². The number of nitrogens with two attached hydrogens (primary N) is 1. The van der Waals surface area contributed by atoms with Crippen LogP contribution in [0.2, 0.25) is 0 Å². The Bertz CT molecular complexity index is 1400. The molecule has 9 heteroatoms. The maximum absolute atomic E-state index is 10.8. The van der Waals surface area contributed by atoms with Gasteiger partial charge in [0.1, 0.15) is 23.0 Å². The zero-order valence-corrected chi connectivity index (χ0v) is 19.5. The van der Waals surface area contributed by atoms with Crippen LogP contribution in [0, 0.1) is 18.8 Å². The standard InChI is InChI=1S/C25H27N7O2/c1-16-12-22(30-34-16)25(2,33)8-4-18-13-21-19(14-28-18)20(17-6-10-31(3)11-7-17)15-32(21)23-5-9-27-24(26)29-23/h5,9,12-15,17,33H,6-7,10-11H2,1-3H3,(H2,26,27,29). The van der Waals surface area contributed by atoms with E-state index in [1.54, 1.807) is 26.1 Å². The van der Waals surface area contributed by atoms with E-state index >= 15 is 0 Å². The summed E-state index contributed by atoms with van der Waals surface area (Å²) in [5.41, 5.74) is 7.49. The number of nitrogens with zero attached hydrogens (tertiary/aromatic N) is 6. The van der Waals surface area contributed by atoms with E-state index in [1.165, 1.54) is 5.56 Å². The van der Waals surface area contributed by atoms with Crippen molar-refractivity contribution in [3.63, 3.8) is 0 Å². The summed E-state index contributed by atoms with van der Waals surface area (Å²) in [6.07, 6.45) is 7.82. The second-order valence-corrected chi connectivity index (χ2v) is 9.04. The van der Waals surface area contributed by atoms with Crippen molar-refractivity contribution in [2.45, 2.75) is 38.2 Å². The minimum atomic E-state index is -1.46. The number of rotatable bonds is 3. The van der Waals surface area contributed by atoms with Gasteiger partial charge in [-0.15, -0.1) is 0 Å². The number of hydrogen-bond acceptors (Lipinski definition) is 8. The minimum Gasteiger partial charge on any atom is -0.372 e. The van der Waals surface area contributed by atoms with Gasteiger partial charge in [-0.2, -0.15) is 4.98 Å². The van der Waals surface area contributed by atoms with Crippen LogP contribution >= 0.6 is 0 Å². The summed E-state index contributed by atoms with van der Waals surface area (Å²) in [5.74, 6) is 7.83. The number of hydrogen-bond donors (Lipinski definition) is 2. The van der Waals surface area contributed by atoms with Crippen molar-refractivity contribution in [1.29, 1.82) is 0 Å². The van der Waals surface area contributed by atoms with Gasteiger partial charge in [-0.3, -0.25) is 0 Å². The average molecular weight is 458 g/mol. The molecular formula is C25H27N7O2. The molecule has 1 aliphatic rings. The third-order valence-corrected chi connectivity index (χ3v) is 6.35. The lowest BCUT2D eigenvalue weighted by molar-refractivity contribution is 0.112. The highest BCUT2D eigenvalue weighted by molar-refractivity contribution is 5.86. The van der Waals surface area contributed by atoms with Crippen LogP contribution in [0.1, 0.15) is 48.4 Å². The molecule has 5 heterocycles. The second kappa shape index (κ2) is 8.56. The van der Waals surface area contributed by atoms with E-state index in [-0.39, 0.29) is 5.95 Å². The molecule has 0 aromatic carbocycles. The number of aromatic nitrogens is 5. The lowest BCUT2D eigenvalue weighted by Gasteiger charge is -2.28. The fraction of sp³-hybridized carbons (Fsp3) is 0.360. The number of aliphatic hydroxyl groups is 1. The Labute approximate surface area is 197 Å². The third kappa shape index (κ3) is 4.25. The van der Waals surface area contributed by atoms with Crippen molar-refractivity contribution in [3.05, 3.63) is 59.5 Å². The molecule has 9 nitrogen and oxygen atoms in total. The lowest BCUT2D eigenvalue weighted by Crippen LogP contribution is -2.29. The third-order valence-electron chi connectivity index (χ3n) is 6.35. The summed E-state index contributed by atoms with van der Waals surface area (Å²) in [4.78, 5) is 15.4. The molecule has 5 rings (SSSR count). The largest absolute Gasteiger partial charge is 0.372 e. The van der Waals surface area contributed by atoms with Gasteiger partial charge in [0.15, 0.2) is 5.60 Å². The van der Waals surface area contributed by atoms with Gasteiger partial charge in [0, 0.05) is 30.0 Å². The molecule has 3 N–H and O–H groups in total. The molecule has 4 aromatic rings. The predicted molar refractivity (Wildman–Crippen MR) is 128 cm³/mol. The fourth-order valence-electron chi connectivity index (χ4n) is 4.39. The number of aryl methyl sites for hydroxylation is 1. The maximum atomic E-state index is 10.8. The first-order valence-electron chi connectivity index (χ1n) is 11.3. The first kappa shape index (κ1) is 22.1. The van der Waals surface area contributed by atoms with Crippen LogP contribution in [-0.4, -0.2) is 54.8 Å². The number of likely N-dealkylation sites (tertiary alicyclic amines) is 1. The quantitative estimate of drug-likeness (QED) is 0.451. The van der Waals surface area contributed by atoms with Crippen LogP contribution in [0.4, 0.5) is 5.95 Å². The van der Waals surface area contributed by atoms with Crippen molar-refractivity contribution < 1.29 is 9.63 Å². The van der Waals surface area contributed by atoms with Gasteiger partial charge in [-0.25, -0.2) is 9.97 Å². The monoisotopic (exact) mass is 457 g/mol. The predicted octanol–water partition coefficient (Wildman–Crippen LogP) is 2.76. The molecular weight excluding hydrogens is 430 g/mol. The summed E-state index contributed by atoms with van der Waals surface area (Å²) in [6, 6.07) is 5.42. The van der Waals surface area contributed by atoms with Crippen LogP contribution in [0.3, 0.4) is 0 Å². The summed E-state index contributed by atoms with van der Waals surface area (Å²) in [7, 11) is 2.16. The number of fused-ring (bicyclic) bond motifs is 1. The molecule has 1 atom stereocenters. The van der Waals surface area contributed by atoms with Crippen molar-refractivity contribution in [1.82, 2.24) is 29.6 Å². The minimum absolute atomic E-state index is 0.216. The summed E-state index contributed by atoms with van der Waals surface area (Å²) in [5, 5.41) is 15.7. The Morgan fingerprint density at radius 2 is 2.03 bits per heavy atom. The van der Waals surface area contributed by atoms with Gasteiger partial charge in [0.25, 0.3) is 0 Å². The van der Waals surface area contributed by atoms with Crippen LogP contribution < -0.4 is 5.73 Å². The smallest absolute Gasteiger partial charge is 0.221 e. The molecule has 0 saturated carbocycles. The zero-order valence-electron chi connectivity index (χ0n) is 19.5. The van der Waals surface area contributed by atoms with Crippen LogP contribution in [0.25, 0.3) is 16.7 Å². The maximum Gasteiger partial charge on any atom is 0.221 e. The van der Waals surface area contributed by atoms with Crippen LogP contribution in [0.5, 0.6) is 0 Å². The second-order valence-electron chi connectivity index (χ2n) is 9.04. The highest BCUT2D eigenvalue weighted by Gasteiger charge is 2.25. The van der Waals surface area contributed by atoms with E-state index in [2.05, 4.69) is 50.1 Å². The van der Waals surface area contributed by atoms with Gasteiger partial charge in [-0.05, 0) is 76.4 Å². The fourth-order valence-corrected chi connectivity index (χ4v) is 4.39. The first-order chi connectivity index (χ1) is 16.3. The SMILES string of the molecule is Cc1cc(C(C)(O)C#Cc2cc3c(cn2)c(C2CCN(C)CC2)cn3-c2ccnc(N)n2)no1. The topological polar surface area (TPSA) is 119 Å². The van der Waals surface area contributed by atoms with E-state index < -0.39 is 5.60 Å². The first-order valence-corrected chi connectivity index (χ1v) is 11.3. The molecule has 34 heavy (non-hydrogen) atoms. The summed E-state index contributed by atoms with van der Waals surface area (Å²) in [6.45, 7) is 5.47. The molecule has 1 fully saturated rings. The summed E-state index contributed by atoms with van der Waals surface area (Å²) < 4.78 is 7.10. The van der Waals surface area contributed by atoms with Crippen molar-refractivity contribution in [2.75, 3.05) is 25.9 Å². The van der Waals surface area contributed by atoms with Crippen LogP contribution in [0.15, 0.2) is 41.3 Å². The molecule has 0 aliphatic carbocycles. The molecule has 0 amide bonds. The highest BCUT2D eigenvalue weighted by atomic mass is 16.5. The van der Waals surface area contributed by atoms with Gasteiger partial charge < -0.3 is 24.8 Å². The Kier molecular flexibility index (Phi) is 5.55. The normalized spacial score (nSPS) is 16.8. The van der Waals surface area contributed by atoms with E-state index in [1.807, 2.05) is 22.9 Å². The average Bonchev–Trinajstić information content (AvgIpc) is 3.42. The number of anilines is 1. The summed E-state index contributed by atoms with van der Waals surface area (Å²) >= 11 is 0. The Hall–Kier alpha value is -3.74. The molecule has 0 bridgehead atoms. The molecule has 0 radical (unpaired) electrons. The molecule has 1 aliphatic heterocycles. The Morgan fingerprint density at radius 3 is 2.74 bits per heavy atom. The number of pyridine rings is 1. The molecule has 0 spiro atoms. The Morgan fingerprint density at radius 1 is 1.24 bits per heavy atom. The van der Waals surface area contributed by atoms with Gasteiger partial charge in [0.05, 0.1) is 5.52 Å². The molecule has 1 saturated heterocycles. The highest BCUT2D eigenvalue weighted by Crippen LogP contribution is 2.35. The Balaban J connectivity index is 1.59. The van der Waals surface area contributed by atoms with Crippen molar-refractivity contribution in [3.8, 4) is 17.7 Å². The van der Waals surface area contributed by atoms with Gasteiger partial charge in [0.2, 0.25) is 5.95 Å². The van der Waals surface area contributed by atoms with E-state index in [9.17, 15) is 5.11 Å². The van der Waals surface area contributed by atoms with E-state index in [0.29, 0.717) is 28.9 Å². The van der Waals surface area contributed by atoms with Crippen molar-refractivity contribution >= 4 is 16.9 Å². The van der Waals surface area contributed by atoms with E-state index in [0.717, 1.165) is 36.8 Å².